The average Bonchev–Trinajstić information content (AvgIpc) is 0.837. The number of nitrogens with one attached hydrogen (secondary N) is 2. The molecule has 22 nitrogen and oxygen atoms in total. The summed E-state index contributed by atoms with van der Waals surface area (Å²) in [5.41, 5.74) is 8.34. The molecule has 8 rings (SSSR count). The van der Waals surface area contributed by atoms with Gasteiger partial charge in [0.05, 0.1) is 9.79 Å². The molecule has 8 aromatic rings. The average molecular weight is 1410 g/mol. The van der Waals surface area contributed by atoms with Crippen molar-refractivity contribution in [2.75, 3.05) is 9.44 Å². The van der Waals surface area contributed by atoms with Gasteiger partial charge in [-0.3, -0.25) is 28.8 Å². The van der Waals surface area contributed by atoms with Gasteiger partial charge in [0.1, 0.15) is 22.6 Å². The number of carbonyl (C=O) groups is 8. The van der Waals surface area contributed by atoms with Crippen molar-refractivity contribution in [3.05, 3.63) is 299 Å². The first-order valence-electron chi connectivity index (χ1n) is 30.5. The fourth-order valence-corrected chi connectivity index (χ4v) is 10.1. The Hall–Kier alpha value is -12.0. The molecule has 24 heteroatoms. The van der Waals surface area contributed by atoms with E-state index in [0.29, 0.717) is 63.5 Å². The van der Waals surface area contributed by atoms with Gasteiger partial charge in [0.2, 0.25) is 11.9 Å². The number of aromatic carboxylic acids is 2. The smallest absolute Gasteiger partial charge is 0.339 e. The highest BCUT2D eigenvalue weighted by Gasteiger charge is 2.19. The number of benzene rings is 6. The van der Waals surface area contributed by atoms with Crippen molar-refractivity contribution in [1.82, 2.24) is 19.9 Å². The van der Waals surface area contributed by atoms with Crippen LogP contribution in [0.15, 0.2) is 242 Å². The Morgan fingerprint density at radius 2 is 0.624 bits per heavy atom. The Morgan fingerprint density at radius 1 is 0.376 bits per heavy atom. The molecule has 101 heavy (non-hydrogen) atoms. The lowest BCUT2D eigenvalue weighted by molar-refractivity contribution is -0.115. The van der Waals surface area contributed by atoms with Gasteiger partial charge in [-0.15, -0.1) is 0 Å². The molecule has 0 saturated carbocycles. The van der Waals surface area contributed by atoms with E-state index in [4.69, 9.17) is 10.2 Å². The number of carboxylic acids is 2. The number of allylic oxidation sites excluding steroid dienone is 6. The summed E-state index contributed by atoms with van der Waals surface area (Å²) in [5, 5.41) is 36.2. The van der Waals surface area contributed by atoms with Crippen LogP contribution < -0.4 is 9.44 Å². The van der Waals surface area contributed by atoms with Crippen molar-refractivity contribution < 1.29 is 75.6 Å². The molecule has 0 aliphatic heterocycles. The predicted molar refractivity (Wildman–Crippen MR) is 388 cm³/mol. The number of hydrogen-bond acceptors (Lipinski definition) is 18. The normalized spacial score (nSPS) is 10.2. The van der Waals surface area contributed by atoms with Crippen LogP contribution in [0.1, 0.15) is 97.6 Å². The zero-order valence-electron chi connectivity index (χ0n) is 57.0. The van der Waals surface area contributed by atoms with E-state index in [9.17, 15) is 65.4 Å². The van der Waals surface area contributed by atoms with Crippen LogP contribution in [0.25, 0.3) is 0 Å². The number of sulfonamides is 2. The zero-order valence-corrected chi connectivity index (χ0v) is 58.7. The number of ketones is 6. The molecule has 0 radical (unpaired) electrons. The summed E-state index contributed by atoms with van der Waals surface area (Å²) in [7, 11) is -7.56. The van der Waals surface area contributed by atoms with Crippen LogP contribution in [-0.4, -0.2) is 104 Å². The highest BCUT2D eigenvalue weighted by molar-refractivity contribution is 7.93. The molecular formula is C77H80N6O16S2. The van der Waals surface area contributed by atoms with E-state index in [1.807, 2.05) is 60.7 Å². The third kappa shape index (κ3) is 30.5. The fraction of sp³-hybridized carbons (Fsp3) is 0.169. The third-order valence-corrected chi connectivity index (χ3v) is 16.2. The van der Waals surface area contributed by atoms with Gasteiger partial charge in [-0.05, 0) is 177 Å². The summed E-state index contributed by atoms with van der Waals surface area (Å²) in [4.78, 5) is 105. The Labute approximate surface area is 588 Å². The van der Waals surface area contributed by atoms with Gasteiger partial charge in [-0.1, -0.05) is 137 Å². The van der Waals surface area contributed by atoms with Gasteiger partial charge in [0.15, 0.2) is 34.7 Å². The largest absolute Gasteiger partial charge is 0.507 e. The molecule has 0 aliphatic rings. The lowest BCUT2D eigenvalue weighted by atomic mass is 10.0. The van der Waals surface area contributed by atoms with Crippen molar-refractivity contribution in [3.63, 3.8) is 0 Å². The van der Waals surface area contributed by atoms with Crippen molar-refractivity contribution in [1.29, 1.82) is 0 Å². The van der Waals surface area contributed by atoms with E-state index < -0.39 is 32.0 Å². The molecule has 0 saturated heterocycles. The Balaban J connectivity index is 0.000000323. The third-order valence-electron chi connectivity index (χ3n) is 13.5. The maximum Gasteiger partial charge on any atom is 0.339 e. The van der Waals surface area contributed by atoms with Crippen LogP contribution in [0, 0.1) is 27.7 Å². The molecule has 0 spiro atoms. The van der Waals surface area contributed by atoms with Crippen LogP contribution in [0.2, 0.25) is 0 Å². The van der Waals surface area contributed by atoms with Crippen LogP contribution >= 0.6 is 0 Å². The van der Waals surface area contributed by atoms with Crippen LogP contribution in [-0.2, 0) is 87.3 Å². The van der Waals surface area contributed by atoms with Gasteiger partial charge in [0, 0.05) is 61.3 Å². The minimum absolute atomic E-state index is 0.0356. The van der Waals surface area contributed by atoms with Crippen molar-refractivity contribution in [2.24, 2.45) is 0 Å². The first kappa shape index (κ1) is 83.2. The zero-order chi connectivity index (χ0) is 75.7. The number of aromatic hydroxyl groups is 2. The second kappa shape index (κ2) is 40.6. The maximum atomic E-state index is 12.4. The molecule has 0 amide bonds. The standard InChI is InChI=1S/C17H19N3O3S.C16H17N3O3S.2C12H12O4.2C10H10O/c1-11(2)16(21)10-14-5-7-15(8-6-14)24(22,23)20-17-18-12(3)9-13(4)19-17;1-4-14(20)10-13-5-7-15(8-6-13)23(21,22)19-16-17-11(2)9-12(3)18-16;2*1-7(2)10(13)5-8-3-4-9(12(15)16)11(14)6-8;2*1-2-10(11)8-9-6-4-3-5-7-9/h5-9H,1,10H2,2-4H3,(H,18,19,20);4-9H,1,10H2,2-3H3,(H,17,18,19);2*3-4,6,14H,1,5H2,2H3,(H,15,16);2*2-7H,1,8H2. The monoisotopic (exact) mass is 1410 g/mol. The molecule has 0 unspecified atom stereocenters. The number of carboxylic acid groups (broad SMARTS) is 2. The predicted octanol–water partition coefficient (Wildman–Crippen LogP) is 12.3. The molecule has 2 aromatic heterocycles. The lowest BCUT2D eigenvalue weighted by Gasteiger charge is -2.08. The Bertz CT molecular complexity index is 4430. The number of hydrogen-bond donors (Lipinski definition) is 6. The SMILES string of the molecule is C=C(C)C(=O)Cc1ccc(C(=O)O)c(O)c1.C=C(C)C(=O)Cc1ccc(C(=O)O)c(O)c1.C=C(C)C(=O)Cc1ccc(S(=O)(=O)Nc2nc(C)cc(C)n2)cc1.C=CC(=O)Cc1ccc(S(=O)(=O)Nc2nc(C)cc(C)n2)cc1.C=CC(=O)Cc1ccccc1.C=CC(=O)Cc1ccccc1. The number of nitrogens with zero attached hydrogens (tertiary/aromatic N) is 4. The number of phenols is 2. The van der Waals surface area contributed by atoms with Crippen LogP contribution in [0.4, 0.5) is 11.9 Å². The van der Waals surface area contributed by atoms with E-state index in [-0.39, 0.29) is 105 Å². The first-order valence-corrected chi connectivity index (χ1v) is 33.5. The van der Waals surface area contributed by atoms with E-state index in [1.165, 1.54) is 78.9 Å². The molecule has 6 aromatic carbocycles. The van der Waals surface area contributed by atoms with Gasteiger partial charge >= 0.3 is 11.9 Å². The number of anilines is 2. The molecule has 0 aliphatic carbocycles. The fourth-order valence-electron chi connectivity index (χ4n) is 8.23. The molecule has 0 atom stereocenters. The highest BCUT2D eigenvalue weighted by atomic mass is 32.2. The number of rotatable bonds is 26. The Morgan fingerprint density at radius 3 is 0.871 bits per heavy atom. The molecule has 526 valence electrons. The summed E-state index contributed by atoms with van der Waals surface area (Å²) >= 11 is 0. The molecule has 2 heterocycles. The number of aromatic nitrogens is 4. The lowest BCUT2D eigenvalue weighted by Crippen LogP contribution is -2.16. The van der Waals surface area contributed by atoms with E-state index in [2.05, 4.69) is 68.9 Å². The first-order chi connectivity index (χ1) is 47.4. The van der Waals surface area contributed by atoms with E-state index in [1.54, 1.807) is 84.9 Å². The van der Waals surface area contributed by atoms with Crippen LogP contribution in [0.3, 0.4) is 0 Å². The molecule has 0 fully saturated rings. The summed E-state index contributed by atoms with van der Waals surface area (Å²) in [6, 6.07) is 43.1. The van der Waals surface area contributed by atoms with Gasteiger partial charge < -0.3 is 20.4 Å². The molecule has 0 bridgehead atoms. The summed E-state index contributed by atoms with van der Waals surface area (Å²) in [5.74, 6) is -3.33. The molecular weight excluding hydrogens is 1330 g/mol. The van der Waals surface area contributed by atoms with Crippen LogP contribution in [0.5, 0.6) is 11.5 Å². The quantitative estimate of drug-likeness (QED) is 0.0274. The second-order valence-electron chi connectivity index (χ2n) is 22.4. The van der Waals surface area contributed by atoms with Gasteiger partial charge in [-0.25, -0.2) is 55.8 Å². The topological polar surface area (TPSA) is 361 Å². The minimum Gasteiger partial charge on any atom is -0.507 e. The van der Waals surface area contributed by atoms with E-state index >= 15 is 0 Å². The van der Waals surface area contributed by atoms with Gasteiger partial charge in [0.25, 0.3) is 20.0 Å². The minimum atomic E-state index is -3.79. The highest BCUT2D eigenvalue weighted by Crippen LogP contribution is 2.23. The summed E-state index contributed by atoms with van der Waals surface area (Å²) in [6.45, 7) is 32.8. The van der Waals surface area contributed by atoms with Crippen molar-refractivity contribution >= 4 is 78.6 Å². The summed E-state index contributed by atoms with van der Waals surface area (Å²) in [6.07, 6.45) is 5.49. The number of Topliss-reactive ketones (excluding diaryl/α,β-unsaturated/α-hetero) is 3. The van der Waals surface area contributed by atoms with Gasteiger partial charge in [-0.2, -0.15) is 0 Å². The number of carbonyl (C=O) groups excluding carboxylic acids is 6. The van der Waals surface area contributed by atoms with Crippen molar-refractivity contribution in [3.8, 4) is 11.5 Å². The Kier molecular flexibility index (Phi) is 33.5. The van der Waals surface area contributed by atoms with E-state index in [0.717, 1.165) is 22.3 Å². The molecule has 6 N–H and O–H groups in total. The summed E-state index contributed by atoms with van der Waals surface area (Å²) < 4.78 is 54.2. The second-order valence-corrected chi connectivity index (χ2v) is 25.8. The van der Waals surface area contributed by atoms with Crippen molar-refractivity contribution in [2.45, 2.75) is 96.8 Å². The number of aryl methyl sites for hydroxylation is 4. The maximum absolute atomic E-state index is 12.4.